The lowest BCUT2D eigenvalue weighted by molar-refractivity contribution is 0.0940. The van der Waals surface area contributed by atoms with E-state index in [-0.39, 0.29) is 5.91 Å². The second kappa shape index (κ2) is 5.68. The van der Waals surface area contributed by atoms with Crippen LogP contribution in [0.2, 0.25) is 0 Å². The molecule has 0 aliphatic rings. The SMILES string of the molecule is CC(C)CNC(=O)c1cc(CC(C)C)on1. The molecule has 0 radical (unpaired) electrons. The highest BCUT2D eigenvalue weighted by Gasteiger charge is 2.13. The molecule has 0 aliphatic carbocycles. The molecule has 90 valence electrons. The molecule has 1 N–H and O–H groups in total. The summed E-state index contributed by atoms with van der Waals surface area (Å²) in [6, 6.07) is 1.72. The van der Waals surface area contributed by atoms with Crippen LogP contribution in [-0.4, -0.2) is 17.6 Å². The summed E-state index contributed by atoms with van der Waals surface area (Å²) < 4.78 is 5.09. The summed E-state index contributed by atoms with van der Waals surface area (Å²) in [4.78, 5) is 11.6. The quantitative estimate of drug-likeness (QED) is 0.834. The maximum atomic E-state index is 11.6. The molecule has 1 amide bonds. The molecular formula is C12H20N2O2. The number of carbonyl (C=O) groups excluding carboxylic acids is 1. The van der Waals surface area contributed by atoms with Crippen molar-refractivity contribution in [2.45, 2.75) is 34.1 Å². The maximum Gasteiger partial charge on any atom is 0.273 e. The largest absolute Gasteiger partial charge is 0.361 e. The topological polar surface area (TPSA) is 55.1 Å². The van der Waals surface area contributed by atoms with Crippen molar-refractivity contribution in [3.63, 3.8) is 0 Å². The van der Waals surface area contributed by atoms with Crippen LogP contribution >= 0.6 is 0 Å². The number of rotatable bonds is 5. The van der Waals surface area contributed by atoms with E-state index < -0.39 is 0 Å². The number of amides is 1. The Balaban J connectivity index is 2.53. The van der Waals surface area contributed by atoms with E-state index >= 15 is 0 Å². The number of hydrogen-bond donors (Lipinski definition) is 1. The highest BCUT2D eigenvalue weighted by Crippen LogP contribution is 2.09. The molecule has 0 aromatic carbocycles. The molecule has 1 aromatic rings. The van der Waals surface area contributed by atoms with Gasteiger partial charge in [0.05, 0.1) is 0 Å². The lowest BCUT2D eigenvalue weighted by Gasteiger charge is -2.04. The third-order valence-electron chi connectivity index (χ3n) is 2.07. The summed E-state index contributed by atoms with van der Waals surface area (Å²) in [7, 11) is 0. The molecule has 0 atom stereocenters. The fourth-order valence-corrected chi connectivity index (χ4v) is 1.31. The zero-order chi connectivity index (χ0) is 12.1. The first kappa shape index (κ1) is 12.7. The fourth-order valence-electron chi connectivity index (χ4n) is 1.31. The van der Waals surface area contributed by atoms with E-state index in [4.69, 9.17) is 4.52 Å². The Morgan fingerprint density at radius 1 is 1.38 bits per heavy atom. The average Bonchev–Trinajstić information content (AvgIpc) is 2.61. The lowest BCUT2D eigenvalue weighted by atomic mass is 10.1. The van der Waals surface area contributed by atoms with E-state index in [0.29, 0.717) is 24.1 Å². The van der Waals surface area contributed by atoms with Crippen molar-refractivity contribution in [2.75, 3.05) is 6.54 Å². The van der Waals surface area contributed by atoms with Crippen molar-refractivity contribution in [1.29, 1.82) is 0 Å². The van der Waals surface area contributed by atoms with Crippen LogP contribution < -0.4 is 5.32 Å². The van der Waals surface area contributed by atoms with E-state index in [0.717, 1.165) is 12.2 Å². The highest BCUT2D eigenvalue weighted by atomic mass is 16.5. The molecule has 1 rings (SSSR count). The van der Waals surface area contributed by atoms with Crippen LogP contribution in [0.5, 0.6) is 0 Å². The minimum absolute atomic E-state index is 0.160. The van der Waals surface area contributed by atoms with E-state index in [1.165, 1.54) is 0 Å². The molecule has 4 heteroatoms. The lowest BCUT2D eigenvalue weighted by Crippen LogP contribution is -2.27. The molecule has 0 unspecified atom stereocenters. The highest BCUT2D eigenvalue weighted by molar-refractivity contribution is 5.92. The van der Waals surface area contributed by atoms with Crippen molar-refractivity contribution < 1.29 is 9.32 Å². The molecular weight excluding hydrogens is 204 g/mol. The Hall–Kier alpha value is -1.32. The zero-order valence-corrected chi connectivity index (χ0v) is 10.4. The Bertz CT molecular complexity index is 343. The van der Waals surface area contributed by atoms with E-state index in [1.807, 2.05) is 13.8 Å². The van der Waals surface area contributed by atoms with Gasteiger partial charge in [-0.05, 0) is 11.8 Å². The Morgan fingerprint density at radius 3 is 2.62 bits per heavy atom. The third kappa shape index (κ3) is 4.04. The van der Waals surface area contributed by atoms with Gasteiger partial charge in [-0.15, -0.1) is 0 Å². The molecule has 1 aromatic heterocycles. The van der Waals surface area contributed by atoms with Crippen molar-refractivity contribution in [3.8, 4) is 0 Å². The van der Waals surface area contributed by atoms with E-state index in [9.17, 15) is 4.79 Å². The number of nitrogens with zero attached hydrogens (tertiary/aromatic N) is 1. The van der Waals surface area contributed by atoms with E-state index in [1.54, 1.807) is 6.07 Å². The summed E-state index contributed by atoms with van der Waals surface area (Å²) in [5, 5.41) is 6.56. The minimum Gasteiger partial charge on any atom is -0.361 e. The monoisotopic (exact) mass is 224 g/mol. The van der Waals surface area contributed by atoms with Crippen LogP contribution in [0.4, 0.5) is 0 Å². The molecule has 0 bridgehead atoms. The van der Waals surface area contributed by atoms with Gasteiger partial charge in [0.15, 0.2) is 5.69 Å². The summed E-state index contributed by atoms with van der Waals surface area (Å²) in [5.41, 5.74) is 0.372. The summed E-state index contributed by atoms with van der Waals surface area (Å²) >= 11 is 0. The predicted octanol–water partition coefficient (Wildman–Crippen LogP) is 2.26. The van der Waals surface area contributed by atoms with Crippen LogP contribution in [0.25, 0.3) is 0 Å². The molecule has 0 aliphatic heterocycles. The molecule has 0 saturated carbocycles. The Labute approximate surface area is 96.4 Å². The van der Waals surface area contributed by atoms with Crippen LogP contribution in [-0.2, 0) is 6.42 Å². The second-order valence-electron chi connectivity index (χ2n) is 4.88. The van der Waals surface area contributed by atoms with Gasteiger partial charge in [-0.1, -0.05) is 32.9 Å². The van der Waals surface area contributed by atoms with Gasteiger partial charge < -0.3 is 9.84 Å². The van der Waals surface area contributed by atoms with Crippen molar-refractivity contribution in [2.24, 2.45) is 11.8 Å². The van der Waals surface area contributed by atoms with Gasteiger partial charge in [-0.25, -0.2) is 0 Å². The summed E-state index contributed by atoms with van der Waals surface area (Å²) in [6.45, 7) is 8.95. The predicted molar refractivity (Wildman–Crippen MR) is 62.2 cm³/mol. The van der Waals surface area contributed by atoms with Gasteiger partial charge in [0, 0.05) is 19.0 Å². The molecule has 4 nitrogen and oxygen atoms in total. The van der Waals surface area contributed by atoms with Gasteiger partial charge in [-0.3, -0.25) is 4.79 Å². The molecule has 0 saturated heterocycles. The number of carbonyl (C=O) groups is 1. The van der Waals surface area contributed by atoms with Crippen molar-refractivity contribution >= 4 is 5.91 Å². The standard InChI is InChI=1S/C12H20N2O2/c1-8(2)5-10-6-11(14-16-10)12(15)13-7-9(3)4/h6,8-9H,5,7H2,1-4H3,(H,13,15). The molecule has 0 fully saturated rings. The van der Waals surface area contributed by atoms with Gasteiger partial charge in [0.1, 0.15) is 5.76 Å². The van der Waals surface area contributed by atoms with Crippen LogP contribution in [0.15, 0.2) is 10.6 Å². The summed E-state index contributed by atoms with van der Waals surface area (Å²) in [6.07, 6.45) is 0.810. The first-order chi connectivity index (χ1) is 7.49. The van der Waals surface area contributed by atoms with Crippen molar-refractivity contribution in [1.82, 2.24) is 10.5 Å². The average molecular weight is 224 g/mol. The normalized spacial score (nSPS) is 11.1. The molecule has 1 heterocycles. The molecule has 16 heavy (non-hydrogen) atoms. The number of aromatic nitrogens is 1. The van der Waals surface area contributed by atoms with Crippen LogP contribution in [0, 0.1) is 11.8 Å². The van der Waals surface area contributed by atoms with Gasteiger partial charge >= 0.3 is 0 Å². The smallest absolute Gasteiger partial charge is 0.273 e. The Kier molecular flexibility index (Phi) is 4.52. The summed E-state index contributed by atoms with van der Waals surface area (Å²) in [5.74, 6) is 1.54. The first-order valence-corrected chi connectivity index (χ1v) is 5.72. The van der Waals surface area contributed by atoms with Gasteiger partial charge in [0.25, 0.3) is 5.91 Å². The van der Waals surface area contributed by atoms with Gasteiger partial charge in [-0.2, -0.15) is 0 Å². The fraction of sp³-hybridized carbons (Fsp3) is 0.667. The van der Waals surface area contributed by atoms with E-state index in [2.05, 4.69) is 24.3 Å². The molecule has 0 spiro atoms. The first-order valence-electron chi connectivity index (χ1n) is 5.72. The third-order valence-corrected chi connectivity index (χ3v) is 2.07. The van der Waals surface area contributed by atoms with Gasteiger partial charge in [0.2, 0.25) is 0 Å². The number of nitrogens with one attached hydrogen (secondary N) is 1. The second-order valence-corrected chi connectivity index (χ2v) is 4.88. The minimum atomic E-state index is -0.160. The Morgan fingerprint density at radius 2 is 2.06 bits per heavy atom. The zero-order valence-electron chi connectivity index (χ0n) is 10.4. The number of hydrogen-bond acceptors (Lipinski definition) is 3. The van der Waals surface area contributed by atoms with Crippen LogP contribution in [0.1, 0.15) is 43.9 Å². The van der Waals surface area contributed by atoms with Crippen molar-refractivity contribution in [3.05, 3.63) is 17.5 Å². The maximum absolute atomic E-state index is 11.6. The van der Waals surface area contributed by atoms with Crippen LogP contribution in [0.3, 0.4) is 0 Å².